The maximum absolute atomic E-state index is 13.6. The second kappa shape index (κ2) is 10.6. The quantitative estimate of drug-likeness (QED) is 0.177. The normalized spacial score (nSPS) is 14.6. The first kappa shape index (κ1) is 26.0. The van der Waals surface area contributed by atoms with Crippen LogP contribution in [0.2, 0.25) is 15.1 Å². The number of benzene rings is 4. The number of para-hydroxylation sites is 1. The molecule has 0 saturated carbocycles. The molecule has 0 spiro atoms. The molecule has 0 fully saturated rings. The van der Waals surface area contributed by atoms with E-state index in [9.17, 15) is 13.2 Å². The van der Waals surface area contributed by atoms with E-state index in [0.717, 1.165) is 0 Å². The molecule has 0 radical (unpaired) electrons. The Morgan fingerprint density at radius 2 is 1.42 bits per heavy atom. The highest BCUT2D eigenvalue weighted by Crippen LogP contribution is 2.37. The molecule has 4 aromatic rings. The van der Waals surface area contributed by atoms with Crippen molar-refractivity contribution in [1.29, 1.82) is 0 Å². The number of hydrogen-bond acceptors (Lipinski definition) is 5. The number of anilines is 1. The minimum atomic E-state index is -4.30. The molecule has 0 atom stereocenters. The van der Waals surface area contributed by atoms with E-state index >= 15 is 0 Å². The average molecular weight is 584 g/mol. The number of amides is 1. The van der Waals surface area contributed by atoms with Crippen molar-refractivity contribution in [2.45, 2.75) is 4.90 Å². The standard InChI is InChI=1S/C28H17Cl3N2O4S/c29-20-11-13-23(14-12-20)38(35,36)37-27-19(15-21(30)17-25(27)31)16-24-26(18-7-3-1-4-8-18)32-33(28(24)34)22-9-5-2-6-10-22/h1-17H/b24-16-. The van der Waals surface area contributed by atoms with Crippen LogP contribution in [0.25, 0.3) is 6.08 Å². The van der Waals surface area contributed by atoms with Gasteiger partial charge in [-0.05, 0) is 54.6 Å². The fraction of sp³-hybridized carbons (Fsp3) is 0. The van der Waals surface area contributed by atoms with Gasteiger partial charge in [0.05, 0.1) is 16.3 Å². The highest BCUT2D eigenvalue weighted by atomic mass is 35.5. The van der Waals surface area contributed by atoms with Gasteiger partial charge in [0.1, 0.15) is 10.6 Å². The van der Waals surface area contributed by atoms with Gasteiger partial charge in [0.25, 0.3) is 5.91 Å². The molecule has 0 aliphatic carbocycles. The molecular formula is C28H17Cl3N2O4S. The van der Waals surface area contributed by atoms with Crippen LogP contribution in [0.3, 0.4) is 0 Å². The predicted molar refractivity (Wildman–Crippen MR) is 151 cm³/mol. The zero-order valence-electron chi connectivity index (χ0n) is 19.4. The Kier molecular flexibility index (Phi) is 7.27. The molecule has 38 heavy (non-hydrogen) atoms. The molecule has 6 nitrogen and oxygen atoms in total. The number of carbonyl (C=O) groups excluding carboxylic acids is 1. The van der Waals surface area contributed by atoms with E-state index in [1.54, 1.807) is 24.3 Å². The molecule has 0 unspecified atom stereocenters. The Bertz CT molecular complexity index is 1690. The first-order valence-electron chi connectivity index (χ1n) is 11.2. The van der Waals surface area contributed by atoms with Gasteiger partial charge in [0.15, 0.2) is 5.75 Å². The van der Waals surface area contributed by atoms with Crippen molar-refractivity contribution in [3.63, 3.8) is 0 Å². The second-order valence-electron chi connectivity index (χ2n) is 8.12. The van der Waals surface area contributed by atoms with E-state index in [0.29, 0.717) is 22.0 Å². The summed E-state index contributed by atoms with van der Waals surface area (Å²) in [6, 6.07) is 26.4. The van der Waals surface area contributed by atoms with Gasteiger partial charge in [-0.15, -0.1) is 0 Å². The SMILES string of the molecule is O=C1/C(=C\c2cc(Cl)cc(Cl)c2OS(=O)(=O)c2ccc(Cl)cc2)C(c2ccccc2)=NN1c1ccccc1. The fourth-order valence-electron chi connectivity index (χ4n) is 3.79. The maximum Gasteiger partial charge on any atom is 0.339 e. The maximum atomic E-state index is 13.6. The first-order chi connectivity index (χ1) is 18.2. The van der Waals surface area contributed by atoms with E-state index in [1.807, 2.05) is 36.4 Å². The second-order valence-corrected chi connectivity index (χ2v) is 10.9. The van der Waals surface area contributed by atoms with Crippen LogP contribution in [0.1, 0.15) is 11.1 Å². The summed E-state index contributed by atoms with van der Waals surface area (Å²) in [6.45, 7) is 0. The van der Waals surface area contributed by atoms with Gasteiger partial charge >= 0.3 is 10.1 Å². The molecule has 0 N–H and O–H groups in total. The molecular weight excluding hydrogens is 567 g/mol. The molecule has 1 heterocycles. The van der Waals surface area contributed by atoms with Crippen molar-refractivity contribution < 1.29 is 17.4 Å². The van der Waals surface area contributed by atoms with Gasteiger partial charge in [0.2, 0.25) is 0 Å². The summed E-state index contributed by atoms with van der Waals surface area (Å²) >= 11 is 18.6. The molecule has 0 aromatic heterocycles. The van der Waals surface area contributed by atoms with E-state index in [-0.39, 0.29) is 31.8 Å². The van der Waals surface area contributed by atoms with Gasteiger partial charge in [0, 0.05) is 21.2 Å². The summed E-state index contributed by atoms with van der Waals surface area (Å²) in [5.74, 6) is -0.602. The van der Waals surface area contributed by atoms with E-state index in [2.05, 4.69) is 5.10 Å². The smallest absolute Gasteiger partial charge is 0.339 e. The molecule has 5 rings (SSSR count). The van der Waals surface area contributed by atoms with Gasteiger partial charge in [-0.3, -0.25) is 4.79 Å². The third-order valence-electron chi connectivity index (χ3n) is 5.56. The zero-order valence-corrected chi connectivity index (χ0v) is 22.5. The van der Waals surface area contributed by atoms with Crippen LogP contribution in [0.5, 0.6) is 5.75 Å². The Morgan fingerprint density at radius 1 is 0.789 bits per heavy atom. The number of carbonyl (C=O) groups is 1. The van der Waals surface area contributed by atoms with Gasteiger partial charge in [-0.1, -0.05) is 83.3 Å². The van der Waals surface area contributed by atoms with Crippen molar-refractivity contribution in [3.05, 3.63) is 129 Å². The third kappa shape index (κ3) is 5.33. The van der Waals surface area contributed by atoms with Crippen LogP contribution in [0.4, 0.5) is 5.69 Å². The summed E-state index contributed by atoms with van der Waals surface area (Å²) in [4.78, 5) is 13.5. The fourth-order valence-corrected chi connectivity index (χ4v) is 5.48. The predicted octanol–water partition coefficient (Wildman–Crippen LogP) is 7.25. The number of rotatable bonds is 6. The van der Waals surface area contributed by atoms with Gasteiger partial charge < -0.3 is 4.18 Å². The first-order valence-corrected chi connectivity index (χ1v) is 13.7. The van der Waals surface area contributed by atoms with Crippen molar-refractivity contribution >= 4 is 68.3 Å². The van der Waals surface area contributed by atoms with Crippen LogP contribution in [-0.4, -0.2) is 20.0 Å². The molecule has 10 heteroatoms. The van der Waals surface area contributed by atoms with Crippen LogP contribution >= 0.6 is 34.8 Å². The van der Waals surface area contributed by atoms with E-state index in [1.165, 1.54) is 47.5 Å². The van der Waals surface area contributed by atoms with Crippen molar-refractivity contribution in [1.82, 2.24) is 0 Å². The summed E-state index contributed by atoms with van der Waals surface area (Å²) in [6.07, 6.45) is 1.47. The molecule has 1 aliphatic heterocycles. The summed E-state index contributed by atoms with van der Waals surface area (Å²) in [7, 11) is -4.30. The number of hydrazone groups is 1. The van der Waals surface area contributed by atoms with Crippen molar-refractivity contribution in [2.75, 3.05) is 5.01 Å². The molecule has 1 amide bonds. The van der Waals surface area contributed by atoms with Gasteiger partial charge in [-0.25, -0.2) is 0 Å². The minimum Gasteiger partial charge on any atom is -0.377 e. The molecule has 0 saturated heterocycles. The summed E-state index contributed by atoms with van der Waals surface area (Å²) in [5, 5.41) is 6.41. The summed E-state index contributed by atoms with van der Waals surface area (Å²) < 4.78 is 31.6. The Hall–Kier alpha value is -3.62. The van der Waals surface area contributed by atoms with E-state index in [4.69, 9.17) is 39.0 Å². The topological polar surface area (TPSA) is 76.0 Å². The van der Waals surface area contributed by atoms with E-state index < -0.39 is 16.0 Å². The number of halogens is 3. The lowest BCUT2D eigenvalue weighted by atomic mass is 10.00. The highest BCUT2D eigenvalue weighted by molar-refractivity contribution is 7.87. The molecule has 0 bridgehead atoms. The Morgan fingerprint density at radius 3 is 2.08 bits per heavy atom. The molecule has 1 aliphatic rings. The summed E-state index contributed by atoms with van der Waals surface area (Å²) in [5.41, 5.74) is 2.03. The van der Waals surface area contributed by atoms with Crippen molar-refractivity contribution in [3.8, 4) is 5.75 Å². The van der Waals surface area contributed by atoms with Crippen LogP contribution in [0, 0.1) is 0 Å². The van der Waals surface area contributed by atoms with Crippen LogP contribution in [-0.2, 0) is 14.9 Å². The molecule has 4 aromatic carbocycles. The number of hydrogen-bond donors (Lipinski definition) is 0. The van der Waals surface area contributed by atoms with Gasteiger partial charge in [-0.2, -0.15) is 18.5 Å². The van der Waals surface area contributed by atoms with Crippen molar-refractivity contribution in [2.24, 2.45) is 5.10 Å². The lowest BCUT2D eigenvalue weighted by molar-refractivity contribution is -0.114. The average Bonchev–Trinajstić information content (AvgIpc) is 3.23. The largest absolute Gasteiger partial charge is 0.377 e. The Labute approximate surface area is 234 Å². The Balaban J connectivity index is 1.63. The minimum absolute atomic E-state index is 0.0505. The zero-order chi connectivity index (χ0) is 26.9. The lowest BCUT2D eigenvalue weighted by Crippen LogP contribution is -2.21. The highest BCUT2D eigenvalue weighted by Gasteiger charge is 2.33. The van der Waals surface area contributed by atoms with Crippen LogP contribution < -0.4 is 9.19 Å². The van der Waals surface area contributed by atoms with Crippen LogP contribution in [0.15, 0.2) is 113 Å². The molecule has 190 valence electrons. The number of nitrogens with zero attached hydrogens (tertiary/aromatic N) is 2. The monoisotopic (exact) mass is 582 g/mol. The third-order valence-corrected chi connectivity index (χ3v) is 7.54. The lowest BCUT2D eigenvalue weighted by Gasteiger charge is -2.13.